The summed E-state index contributed by atoms with van der Waals surface area (Å²) >= 11 is 5.92. The number of rotatable bonds is 8. The number of nitro groups is 1. The zero-order valence-corrected chi connectivity index (χ0v) is 11.2. The second kappa shape index (κ2) is 8.39. The lowest BCUT2D eigenvalue weighted by Crippen LogP contribution is -2.33. The summed E-state index contributed by atoms with van der Waals surface area (Å²) in [5.74, 6) is -0.224. The van der Waals surface area contributed by atoms with Crippen LogP contribution in [0, 0.1) is 16.0 Å². The van der Waals surface area contributed by atoms with Crippen molar-refractivity contribution >= 4 is 17.8 Å². The summed E-state index contributed by atoms with van der Waals surface area (Å²) in [6, 6.07) is -1.18. The summed E-state index contributed by atoms with van der Waals surface area (Å²) in [4.78, 5) is 14.2. The van der Waals surface area contributed by atoms with Crippen molar-refractivity contribution in [3.05, 3.63) is 10.1 Å². The zero-order valence-electron chi connectivity index (χ0n) is 10.5. The van der Waals surface area contributed by atoms with Crippen molar-refractivity contribution in [1.29, 1.82) is 0 Å². The number of hydrogen-bond acceptors (Lipinski definition) is 3. The fourth-order valence-corrected chi connectivity index (χ4v) is 1.83. The van der Waals surface area contributed by atoms with Gasteiger partial charge < -0.3 is 0 Å². The summed E-state index contributed by atoms with van der Waals surface area (Å²) in [6.45, 7) is 5.28. The highest BCUT2D eigenvalue weighted by Crippen LogP contribution is 2.23. The normalized spacial score (nSPS) is 18.9. The predicted octanol–water partition coefficient (Wildman–Crippen LogP) is 3.45. The molecule has 100 valence electrons. The Hall–Kier alpha value is -0.710. The Balaban J connectivity index is 4.49. The van der Waals surface area contributed by atoms with Crippen molar-refractivity contribution in [2.24, 2.45) is 10.9 Å². The van der Waals surface area contributed by atoms with E-state index in [-0.39, 0.29) is 18.8 Å². The smallest absolute Gasteiger partial charge is 0.244 e. The minimum atomic E-state index is -1.41. The topological polar surface area (TPSA) is 55.5 Å². The van der Waals surface area contributed by atoms with Gasteiger partial charge >= 0.3 is 0 Å². The van der Waals surface area contributed by atoms with Crippen LogP contribution < -0.4 is 0 Å². The molecule has 1 unspecified atom stereocenters. The van der Waals surface area contributed by atoms with Crippen LogP contribution in [0.4, 0.5) is 4.39 Å². The molecule has 0 aliphatic heterocycles. The highest BCUT2D eigenvalue weighted by Gasteiger charge is 2.34. The molecule has 0 radical (unpaired) electrons. The van der Waals surface area contributed by atoms with Crippen LogP contribution >= 0.6 is 11.6 Å². The number of hydrogen-bond donors (Lipinski definition) is 0. The van der Waals surface area contributed by atoms with Crippen LogP contribution in [-0.2, 0) is 0 Å². The summed E-state index contributed by atoms with van der Waals surface area (Å²) in [5.41, 5.74) is -0.531. The lowest BCUT2D eigenvalue weighted by molar-refractivity contribution is -0.533. The minimum absolute atomic E-state index is 0.111. The second-order valence-electron chi connectivity index (χ2n) is 4.15. The van der Waals surface area contributed by atoms with Crippen LogP contribution in [-0.4, -0.2) is 28.9 Å². The molecule has 0 saturated carbocycles. The van der Waals surface area contributed by atoms with Crippen molar-refractivity contribution in [3.8, 4) is 0 Å². The van der Waals surface area contributed by atoms with E-state index in [0.717, 1.165) is 0 Å². The summed E-state index contributed by atoms with van der Waals surface area (Å²) in [5, 5.41) is 10.8. The molecule has 0 heterocycles. The first kappa shape index (κ1) is 16.3. The standard InChI is InChI=1S/C11H20ClFN2O2/c1-4-6-9(13)10(15(16)17)7-8(3)11(12)14-5-2/h5,8-11H,4,6-7H2,1-3H3/b14-5-/t8?,9-,10+,11+/m0/s1. The number of alkyl halides is 2. The third-order valence-corrected chi connectivity index (χ3v) is 3.17. The molecule has 0 amide bonds. The van der Waals surface area contributed by atoms with Crippen molar-refractivity contribution < 1.29 is 9.31 Å². The van der Waals surface area contributed by atoms with Crippen LogP contribution in [0.2, 0.25) is 0 Å². The molecule has 6 heteroatoms. The molecule has 0 N–H and O–H groups in total. The average molecular weight is 267 g/mol. The monoisotopic (exact) mass is 266 g/mol. The highest BCUT2D eigenvalue weighted by atomic mass is 35.5. The van der Waals surface area contributed by atoms with Gasteiger partial charge in [0, 0.05) is 11.3 Å². The first-order valence-corrected chi connectivity index (χ1v) is 6.27. The predicted molar refractivity (Wildman–Crippen MR) is 68.2 cm³/mol. The van der Waals surface area contributed by atoms with Crippen molar-refractivity contribution in [3.63, 3.8) is 0 Å². The van der Waals surface area contributed by atoms with E-state index in [2.05, 4.69) is 4.99 Å². The van der Waals surface area contributed by atoms with Gasteiger partial charge in [-0.2, -0.15) is 0 Å². The van der Waals surface area contributed by atoms with Gasteiger partial charge in [-0.15, -0.1) is 0 Å². The average Bonchev–Trinajstić information content (AvgIpc) is 2.25. The van der Waals surface area contributed by atoms with E-state index in [0.29, 0.717) is 6.42 Å². The Morgan fingerprint density at radius 3 is 2.59 bits per heavy atom. The number of aliphatic imine (C=N–C) groups is 1. The van der Waals surface area contributed by atoms with E-state index in [1.807, 2.05) is 0 Å². The van der Waals surface area contributed by atoms with Gasteiger partial charge in [-0.05, 0) is 25.5 Å². The lowest BCUT2D eigenvalue weighted by Gasteiger charge is -2.19. The Kier molecular flexibility index (Phi) is 8.04. The Morgan fingerprint density at radius 1 is 1.59 bits per heavy atom. The third kappa shape index (κ3) is 5.96. The largest absolute Gasteiger partial charge is 0.278 e. The van der Waals surface area contributed by atoms with Gasteiger partial charge in [0.2, 0.25) is 6.04 Å². The molecule has 4 atom stereocenters. The van der Waals surface area contributed by atoms with Gasteiger partial charge in [0.25, 0.3) is 0 Å². The molecule has 0 saturated heterocycles. The fourth-order valence-electron chi connectivity index (χ4n) is 1.62. The van der Waals surface area contributed by atoms with E-state index < -0.39 is 22.6 Å². The van der Waals surface area contributed by atoms with E-state index in [4.69, 9.17) is 11.6 Å². The van der Waals surface area contributed by atoms with Crippen molar-refractivity contribution in [2.45, 2.75) is 57.7 Å². The molecule has 0 aliphatic rings. The van der Waals surface area contributed by atoms with E-state index in [1.54, 1.807) is 27.0 Å². The Labute approximate surface area is 106 Å². The van der Waals surface area contributed by atoms with Crippen molar-refractivity contribution in [2.75, 3.05) is 0 Å². The second-order valence-corrected chi connectivity index (χ2v) is 4.60. The molecular weight excluding hydrogens is 247 g/mol. The zero-order chi connectivity index (χ0) is 13.4. The maximum Gasteiger partial charge on any atom is 0.244 e. The lowest BCUT2D eigenvalue weighted by atomic mass is 9.96. The number of halogens is 2. The fraction of sp³-hybridized carbons (Fsp3) is 0.909. The van der Waals surface area contributed by atoms with E-state index >= 15 is 0 Å². The van der Waals surface area contributed by atoms with Crippen LogP contribution in [0.3, 0.4) is 0 Å². The van der Waals surface area contributed by atoms with Gasteiger partial charge in [-0.3, -0.25) is 15.1 Å². The maximum absolute atomic E-state index is 13.6. The molecule has 0 aliphatic carbocycles. The molecule has 4 nitrogen and oxygen atoms in total. The quantitative estimate of drug-likeness (QED) is 0.222. The third-order valence-electron chi connectivity index (χ3n) is 2.63. The van der Waals surface area contributed by atoms with E-state index in [1.165, 1.54) is 0 Å². The molecule has 0 aromatic heterocycles. The van der Waals surface area contributed by atoms with Crippen LogP contribution in [0.5, 0.6) is 0 Å². The van der Waals surface area contributed by atoms with Gasteiger partial charge in [0.05, 0.1) is 0 Å². The first-order valence-electron chi connectivity index (χ1n) is 5.83. The molecule has 0 fully saturated rings. The Bertz CT molecular complexity index is 264. The van der Waals surface area contributed by atoms with Gasteiger partial charge in [-0.1, -0.05) is 31.9 Å². The van der Waals surface area contributed by atoms with Crippen molar-refractivity contribution in [1.82, 2.24) is 0 Å². The Morgan fingerprint density at radius 2 is 2.18 bits per heavy atom. The van der Waals surface area contributed by atoms with E-state index in [9.17, 15) is 14.5 Å². The summed E-state index contributed by atoms with van der Waals surface area (Å²) < 4.78 is 13.6. The molecule has 0 aromatic rings. The molecule has 0 bridgehead atoms. The van der Waals surface area contributed by atoms with Gasteiger partial charge in [-0.25, -0.2) is 4.39 Å². The number of nitrogens with zero attached hydrogens (tertiary/aromatic N) is 2. The molecule has 17 heavy (non-hydrogen) atoms. The van der Waals surface area contributed by atoms with Crippen LogP contribution in [0.1, 0.15) is 40.0 Å². The minimum Gasteiger partial charge on any atom is -0.278 e. The van der Waals surface area contributed by atoms with Gasteiger partial charge in [0.15, 0.2) is 6.17 Å². The summed E-state index contributed by atoms with van der Waals surface area (Å²) in [7, 11) is 0. The van der Waals surface area contributed by atoms with Crippen LogP contribution in [0.15, 0.2) is 4.99 Å². The first-order chi connectivity index (χ1) is 7.93. The van der Waals surface area contributed by atoms with Crippen LogP contribution in [0.25, 0.3) is 0 Å². The highest BCUT2D eigenvalue weighted by molar-refractivity contribution is 6.20. The molecule has 0 aromatic carbocycles. The maximum atomic E-state index is 13.6. The molecule has 0 rings (SSSR count). The SMILES string of the molecule is C/C=N\[C@@H](Cl)C(C)C[C@H]([C@@H](F)CCC)[N+](=O)[O-]. The molecule has 0 spiro atoms. The molecular formula is C11H20ClFN2O2. The summed E-state index contributed by atoms with van der Waals surface area (Å²) in [6.07, 6.45) is 1.06. The van der Waals surface area contributed by atoms with Gasteiger partial charge in [0.1, 0.15) is 5.50 Å².